The van der Waals surface area contributed by atoms with E-state index < -0.39 is 5.97 Å². The summed E-state index contributed by atoms with van der Waals surface area (Å²) >= 11 is 0. The molecule has 0 aromatic rings. The fourth-order valence-corrected chi connectivity index (χ4v) is 1.25. The normalized spacial score (nSPS) is 15.6. The van der Waals surface area contributed by atoms with Crippen molar-refractivity contribution in [3.8, 4) is 0 Å². The Morgan fingerprint density at radius 2 is 1.92 bits per heavy atom. The van der Waals surface area contributed by atoms with Gasteiger partial charge in [0.05, 0.1) is 0 Å². The lowest BCUT2D eigenvalue weighted by Crippen LogP contribution is -2.08. The first kappa shape index (κ1) is 11.4. The Bertz CT molecular complexity index is 134. The molecule has 2 atom stereocenters. The topological polar surface area (TPSA) is 57.5 Å². The van der Waals surface area contributed by atoms with Crippen molar-refractivity contribution in [3.63, 3.8) is 0 Å². The van der Waals surface area contributed by atoms with Gasteiger partial charge in [-0.25, -0.2) is 0 Å². The molecular formula is C9H18O3. The minimum absolute atomic E-state index is 0.192. The number of carboxylic acid groups (broad SMARTS) is 1. The second-order valence-electron chi connectivity index (χ2n) is 3.56. The van der Waals surface area contributed by atoms with E-state index in [0.29, 0.717) is 12.3 Å². The number of hydrogen-bond donors (Lipinski definition) is 2. The molecular weight excluding hydrogens is 156 g/mol. The van der Waals surface area contributed by atoms with E-state index in [1.165, 1.54) is 0 Å². The van der Waals surface area contributed by atoms with Crippen LogP contribution in [0.2, 0.25) is 0 Å². The summed E-state index contributed by atoms with van der Waals surface area (Å²) in [7, 11) is 0. The third kappa shape index (κ3) is 6.16. The lowest BCUT2D eigenvalue weighted by molar-refractivity contribution is -0.137. The van der Waals surface area contributed by atoms with Crippen LogP contribution in [0.5, 0.6) is 0 Å². The minimum atomic E-state index is -0.737. The maximum Gasteiger partial charge on any atom is 0.303 e. The SMILES string of the molecule is CC(CCC(=O)O)C[C@@H](C)CO. The van der Waals surface area contributed by atoms with Gasteiger partial charge in [-0.2, -0.15) is 0 Å². The highest BCUT2D eigenvalue weighted by Gasteiger charge is 2.09. The first-order chi connectivity index (χ1) is 5.56. The molecule has 0 aromatic heterocycles. The molecule has 72 valence electrons. The van der Waals surface area contributed by atoms with Crippen LogP contribution in [0, 0.1) is 11.8 Å². The van der Waals surface area contributed by atoms with E-state index in [0.717, 1.165) is 6.42 Å². The Morgan fingerprint density at radius 1 is 1.33 bits per heavy atom. The summed E-state index contributed by atoms with van der Waals surface area (Å²) < 4.78 is 0. The summed E-state index contributed by atoms with van der Waals surface area (Å²) in [4.78, 5) is 10.2. The van der Waals surface area contributed by atoms with Crippen molar-refractivity contribution in [2.24, 2.45) is 11.8 Å². The second kappa shape index (κ2) is 6.00. The first-order valence-corrected chi connectivity index (χ1v) is 4.39. The summed E-state index contributed by atoms with van der Waals surface area (Å²) in [6.45, 7) is 4.18. The van der Waals surface area contributed by atoms with E-state index in [4.69, 9.17) is 10.2 Å². The van der Waals surface area contributed by atoms with Crippen LogP contribution < -0.4 is 0 Å². The number of aliphatic carboxylic acids is 1. The van der Waals surface area contributed by atoms with E-state index in [2.05, 4.69) is 0 Å². The van der Waals surface area contributed by atoms with Crippen LogP contribution in [-0.2, 0) is 4.79 Å². The van der Waals surface area contributed by atoms with Gasteiger partial charge in [-0.3, -0.25) is 4.79 Å². The standard InChI is InChI=1S/C9H18O3/c1-7(3-4-9(11)12)5-8(2)6-10/h7-8,10H,3-6H2,1-2H3,(H,11,12)/t7?,8-/m1/s1. The van der Waals surface area contributed by atoms with Gasteiger partial charge in [0, 0.05) is 13.0 Å². The van der Waals surface area contributed by atoms with Crippen molar-refractivity contribution in [1.82, 2.24) is 0 Å². The summed E-state index contributed by atoms with van der Waals surface area (Å²) in [6.07, 6.45) is 1.85. The van der Waals surface area contributed by atoms with Crippen LogP contribution in [0.1, 0.15) is 33.1 Å². The van der Waals surface area contributed by atoms with Crippen molar-refractivity contribution in [2.45, 2.75) is 33.1 Å². The molecule has 0 fully saturated rings. The molecule has 0 bridgehead atoms. The fourth-order valence-electron chi connectivity index (χ4n) is 1.25. The highest BCUT2D eigenvalue weighted by Crippen LogP contribution is 2.15. The van der Waals surface area contributed by atoms with Gasteiger partial charge in [-0.05, 0) is 24.7 Å². The van der Waals surface area contributed by atoms with E-state index >= 15 is 0 Å². The van der Waals surface area contributed by atoms with E-state index in [1.54, 1.807) is 0 Å². The molecule has 1 unspecified atom stereocenters. The second-order valence-corrected chi connectivity index (χ2v) is 3.56. The van der Waals surface area contributed by atoms with E-state index in [-0.39, 0.29) is 18.9 Å². The number of hydrogen-bond acceptors (Lipinski definition) is 2. The third-order valence-electron chi connectivity index (χ3n) is 1.97. The number of carbonyl (C=O) groups is 1. The monoisotopic (exact) mass is 174 g/mol. The fraction of sp³-hybridized carbons (Fsp3) is 0.889. The van der Waals surface area contributed by atoms with Crippen LogP contribution in [0.4, 0.5) is 0 Å². The lowest BCUT2D eigenvalue weighted by atomic mass is 9.94. The van der Waals surface area contributed by atoms with Gasteiger partial charge < -0.3 is 10.2 Å². The first-order valence-electron chi connectivity index (χ1n) is 4.39. The smallest absolute Gasteiger partial charge is 0.303 e. The molecule has 0 saturated heterocycles. The summed E-state index contributed by atoms with van der Waals surface area (Å²) in [5, 5.41) is 17.1. The van der Waals surface area contributed by atoms with Crippen molar-refractivity contribution in [1.29, 1.82) is 0 Å². The quantitative estimate of drug-likeness (QED) is 0.641. The molecule has 0 aromatic carbocycles. The molecule has 0 rings (SSSR count). The number of aliphatic hydroxyl groups is 1. The molecule has 0 aliphatic rings. The van der Waals surface area contributed by atoms with Gasteiger partial charge in [0.25, 0.3) is 0 Å². The van der Waals surface area contributed by atoms with Crippen LogP contribution in [-0.4, -0.2) is 22.8 Å². The lowest BCUT2D eigenvalue weighted by Gasteiger charge is -2.13. The zero-order chi connectivity index (χ0) is 9.56. The van der Waals surface area contributed by atoms with Crippen molar-refractivity contribution < 1.29 is 15.0 Å². The van der Waals surface area contributed by atoms with Crippen LogP contribution in [0.25, 0.3) is 0 Å². The maximum absolute atomic E-state index is 10.2. The largest absolute Gasteiger partial charge is 0.481 e. The predicted molar refractivity (Wildman–Crippen MR) is 46.9 cm³/mol. The number of carboxylic acids is 1. The Kier molecular flexibility index (Phi) is 5.72. The molecule has 0 radical (unpaired) electrons. The van der Waals surface area contributed by atoms with Gasteiger partial charge in [-0.1, -0.05) is 13.8 Å². The van der Waals surface area contributed by atoms with Crippen molar-refractivity contribution in [2.75, 3.05) is 6.61 Å². The van der Waals surface area contributed by atoms with E-state index in [1.807, 2.05) is 13.8 Å². The summed E-state index contributed by atoms with van der Waals surface area (Å²) in [5.41, 5.74) is 0. The van der Waals surface area contributed by atoms with Gasteiger partial charge >= 0.3 is 5.97 Å². The number of aliphatic hydroxyl groups excluding tert-OH is 1. The molecule has 12 heavy (non-hydrogen) atoms. The molecule has 3 nitrogen and oxygen atoms in total. The summed E-state index contributed by atoms with van der Waals surface area (Å²) in [5.74, 6) is -0.0597. The van der Waals surface area contributed by atoms with Gasteiger partial charge in [0.15, 0.2) is 0 Å². The van der Waals surface area contributed by atoms with Crippen molar-refractivity contribution in [3.05, 3.63) is 0 Å². The van der Waals surface area contributed by atoms with E-state index in [9.17, 15) is 4.79 Å². The molecule has 2 N–H and O–H groups in total. The average molecular weight is 174 g/mol. The Hall–Kier alpha value is -0.570. The van der Waals surface area contributed by atoms with Gasteiger partial charge in [0.2, 0.25) is 0 Å². The molecule has 3 heteroatoms. The maximum atomic E-state index is 10.2. The molecule has 0 aliphatic carbocycles. The zero-order valence-electron chi connectivity index (χ0n) is 7.79. The Balaban J connectivity index is 3.45. The molecule has 0 heterocycles. The molecule has 0 saturated carbocycles. The molecule has 0 spiro atoms. The van der Waals surface area contributed by atoms with Gasteiger partial charge in [-0.15, -0.1) is 0 Å². The third-order valence-corrected chi connectivity index (χ3v) is 1.97. The highest BCUT2D eigenvalue weighted by atomic mass is 16.4. The number of rotatable bonds is 6. The highest BCUT2D eigenvalue weighted by molar-refractivity contribution is 5.66. The average Bonchev–Trinajstić information content (AvgIpc) is 2.00. The van der Waals surface area contributed by atoms with Crippen LogP contribution >= 0.6 is 0 Å². The van der Waals surface area contributed by atoms with Crippen LogP contribution in [0.3, 0.4) is 0 Å². The predicted octanol–water partition coefficient (Wildman–Crippen LogP) is 1.51. The minimum Gasteiger partial charge on any atom is -0.481 e. The molecule has 0 amide bonds. The van der Waals surface area contributed by atoms with Crippen LogP contribution in [0.15, 0.2) is 0 Å². The Labute approximate surface area is 73.4 Å². The zero-order valence-corrected chi connectivity index (χ0v) is 7.79. The van der Waals surface area contributed by atoms with Crippen molar-refractivity contribution >= 4 is 5.97 Å². The van der Waals surface area contributed by atoms with Gasteiger partial charge in [0.1, 0.15) is 0 Å². The molecule has 0 aliphatic heterocycles. The summed E-state index contributed by atoms with van der Waals surface area (Å²) in [6, 6.07) is 0. The Morgan fingerprint density at radius 3 is 2.33 bits per heavy atom.